The summed E-state index contributed by atoms with van der Waals surface area (Å²) >= 11 is 6.05. The van der Waals surface area contributed by atoms with E-state index in [-0.39, 0.29) is 6.09 Å². The largest absolute Gasteiger partial charge is 0.450 e. The van der Waals surface area contributed by atoms with Gasteiger partial charge in [-0.25, -0.2) is 4.79 Å². The Balaban J connectivity index is 1.42. The number of carbonyl (C=O) groups is 1. The number of halogens is 1. The maximum atomic E-state index is 11.8. The van der Waals surface area contributed by atoms with Crippen LogP contribution in [0, 0.1) is 0 Å². The van der Waals surface area contributed by atoms with E-state index in [1.807, 2.05) is 24.4 Å². The monoisotopic (exact) mass is 334 g/mol. The first-order chi connectivity index (χ1) is 11.2. The van der Waals surface area contributed by atoms with Gasteiger partial charge in [0.25, 0.3) is 0 Å². The number of hydrogen-bond donors (Lipinski definition) is 2. The van der Waals surface area contributed by atoms with Crippen LogP contribution in [-0.2, 0) is 11.2 Å². The van der Waals surface area contributed by atoms with Crippen LogP contribution < -0.4 is 5.32 Å². The van der Waals surface area contributed by atoms with Gasteiger partial charge in [0, 0.05) is 28.2 Å². The first kappa shape index (κ1) is 16.2. The molecule has 0 aliphatic heterocycles. The van der Waals surface area contributed by atoms with Crippen molar-refractivity contribution in [2.45, 2.75) is 51.0 Å². The molecule has 0 unspecified atom stereocenters. The van der Waals surface area contributed by atoms with Gasteiger partial charge in [-0.05, 0) is 49.4 Å². The van der Waals surface area contributed by atoms with Crippen LogP contribution in [0.4, 0.5) is 4.79 Å². The fraction of sp³-hybridized carbons (Fsp3) is 0.500. The van der Waals surface area contributed by atoms with Gasteiger partial charge in [-0.1, -0.05) is 30.9 Å². The van der Waals surface area contributed by atoms with Gasteiger partial charge in [-0.2, -0.15) is 0 Å². The molecule has 0 bridgehead atoms. The van der Waals surface area contributed by atoms with E-state index >= 15 is 0 Å². The van der Waals surface area contributed by atoms with Crippen molar-refractivity contribution in [2.75, 3.05) is 6.61 Å². The lowest BCUT2D eigenvalue weighted by Crippen LogP contribution is -2.36. The fourth-order valence-electron chi connectivity index (χ4n) is 3.24. The van der Waals surface area contributed by atoms with Crippen LogP contribution in [0.1, 0.15) is 44.1 Å². The third-order valence-electron chi connectivity index (χ3n) is 4.48. The van der Waals surface area contributed by atoms with Crippen molar-refractivity contribution in [3.8, 4) is 0 Å². The molecule has 0 radical (unpaired) electrons. The number of ether oxygens (including phenoxy) is 1. The second-order valence-electron chi connectivity index (χ2n) is 6.22. The van der Waals surface area contributed by atoms with Crippen LogP contribution in [0.5, 0.6) is 0 Å². The van der Waals surface area contributed by atoms with Gasteiger partial charge in [0.15, 0.2) is 0 Å². The quantitative estimate of drug-likeness (QED) is 0.771. The molecule has 2 aromatic rings. The molecule has 124 valence electrons. The number of H-pyrrole nitrogens is 1. The lowest BCUT2D eigenvalue weighted by atomic mass is 9.96. The molecule has 1 aromatic carbocycles. The molecule has 1 aliphatic carbocycles. The molecule has 1 fully saturated rings. The third kappa shape index (κ3) is 4.41. The zero-order valence-corrected chi connectivity index (χ0v) is 14.0. The summed E-state index contributed by atoms with van der Waals surface area (Å²) in [4.78, 5) is 15.0. The van der Waals surface area contributed by atoms with Crippen molar-refractivity contribution in [2.24, 2.45) is 0 Å². The van der Waals surface area contributed by atoms with Crippen LogP contribution >= 0.6 is 11.6 Å². The van der Waals surface area contributed by atoms with Crippen LogP contribution in [0.15, 0.2) is 24.4 Å². The van der Waals surface area contributed by atoms with Gasteiger partial charge in [-0.3, -0.25) is 0 Å². The van der Waals surface area contributed by atoms with Crippen molar-refractivity contribution in [3.05, 3.63) is 35.0 Å². The standard InChI is InChI=1S/C18H23ClN2O2/c19-14-8-9-17-16(11-14)13(12-20-17)5-4-10-23-18(22)21-15-6-2-1-3-7-15/h8-9,11-12,15,20H,1-7,10H2,(H,21,22). The molecule has 1 aliphatic rings. The van der Waals surface area contributed by atoms with E-state index in [1.165, 1.54) is 24.8 Å². The number of fused-ring (bicyclic) bond motifs is 1. The molecule has 0 spiro atoms. The van der Waals surface area contributed by atoms with E-state index in [4.69, 9.17) is 16.3 Å². The van der Waals surface area contributed by atoms with Crippen molar-refractivity contribution in [1.82, 2.24) is 10.3 Å². The molecule has 0 atom stereocenters. The van der Waals surface area contributed by atoms with Gasteiger partial charge < -0.3 is 15.0 Å². The maximum absolute atomic E-state index is 11.8. The molecule has 1 amide bonds. The van der Waals surface area contributed by atoms with Gasteiger partial charge in [0.2, 0.25) is 0 Å². The zero-order chi connectivity index (χ0) is 16.1. The van der Waals surface area contributed by atoms with Crippen LogP contribution in [0.3, 0.4) is 0 Å². The predicted molar refractivity (Wildman–Crippen MR) is 93.0 cm³/mol. The molecule has 23 heavy (non-hydrogen) atoms. The fourth-order valence-corrected chi connectivity index (χ4v) is 3.41. The molecule has 5 heteroatoms. The van der Waals surface area contributed by atoms with E-state index < -0.39 is 0 Å². The lowest BCUT2D eigenvalue weighted by molar-refractivity contribution is 0.138. The first-order valence-corrected chi connectivity index (χ1v) is 8.79. The minimum Gasteiger partial charge on any atom is -0.450 e. The Morgan fingerprint density at radius 1 is 1.30 bits per heavy atom. The minimum atomic E-state index is -0.279. The Labute approximate surface area is 141 Å². The molecule has 2 N–H and O–H groups in total. The second kappa shape index (κ2) is 7.73. The van der Waals surface area contributed by atoms with Crippen molar-refractivity contribution in [3.63, 3.8) is 0 Å². The molecule has 4 nitrogen and oxygen atoms in total. The molecular formula is C18H23ClN2O2. The number of hydrogen-bond acceptors (Lipinski definition) is 2. The molecule has 1 heterocycles. The third-order valence-corrected chi connectivity index (χ3v) is 4.72. The Bertz CT molecular complexity index is 662. The smallest absolute Gasteiger partial charge is 0.407 e. The van der Waals surface area contributed by atoms with Crippen LogP contribution in [0.25, 0.3) is 10.9 Å². The summed E-state index contributed by atoms with van der Waals surface area (Å²) in [6.07, 6.45) is 9.22. The highest BCUT2D eigenvalue weighted by molar-refractivity contribution is 6.31. The maximum Gasteiger partial charge on any atom is 0.407 e. The highest BCUT2D eigenvalue weighted by atomic mass is 35.5. The van der Waals surface area contributed by atoms with Crippen LogP contribution in [0.2, 0.25) is 5.02 Å². The molecule has 0 saturated heterocycles. The second-order valence-corrected chi connectivity index (χ2v) is 6.66. The summed E-state index contributed by atoms with van der Waals surface area (Å²) in [7, 11) is 0. The van der Waals surface area contributed by atoms with Crippen molar-refractivity contribution >= 4 is 28.6 Å². The van der Waals surface area contributed by atoms with Gasteiger partial charge in [-0.15, -0.1) is 0 Å². The predicted octanol–water partition coefficient (Wildman–Crippen LogP) is 4.81. The Hall–Kier alpha value is -1.68. The number of aryl methyl sites for hydroxylation is 1. The number of amides is 1. The number of aromatic nitrogens is 1. The van der Waals surface area contributed by atoms with Gasteiger partial charge >= 0.3 is 6.09 Å². The van der Waals surface area contributed by atoms with Gasteiger partial charge in [0.1, 0.15) is 0 Å². The Morgan fingerprint density at radius 2 is 2.13 bits per heavy atom. The highest BCUT2D eigenvalue weighted by Crippen LogP contribution is 2.23. The number of alkyl carbamates (subject to hydrolysis) is 1. The van der Waals surface area contributed by atoms with Crippen molar-refractivity contribution < 1.29 is 9.53 Å². The Kier molecular flexibility index (Phi) is 5.44. The molecule has 1 aromatic heterocycles. The number of aromatic amines is 1. The number of nitrogens with one attached hydrogen (secondary N) is 2. The summed E-state index contributed by atoms with van der Waals surface area (Å²) in [6, 6.07) is 6.13. The van der Waals surface area contributed by atoms with E-state index in [2.05, 4.69) is 10.3 Å². The summed E-state index contributed by atoms with van der Waals surface area (Å²) < 4.78 is 5.29. The number of rotatable bonds is 5. The SMILES string of the molecule is O=C(NC1CCCCC1)OCCCc1c[nH]c2ccc(Cl)cc12. The first-order valence-electron chi connectivity index (χ1n) is 8.41. The topological polar surface area (TPSA) is 54.1 Å². The van der Waals surface area contributed by atoms with E-state index in [0.29, 0.717) is 12.6 Å². The summed E-state index contributed by atoms with van der Waals surface area (Å²) in [5.41, 5.74) is 2.29. The summed E-state index contributed by atoms with van der Waals surface area (Å²) in [5, 5.41) is 4.85. The van der Waals surface area contributed by atoms with Crippen molar-refractivity contribution in [1.29, 1.82) is 0 Å². The highest BCUT2D eigenvalue weighted by Gasteiger charge is 2.16. The lowest BCUT2D eigenvalue weighted by Gasteiger charge is -2.22. The number of carbonyl (C=O) groups excluding carboxylic acids is 1. The van der Waals surface area contributed by atoms with Crippen LogP contribution in [-0.4, -0.2) is 23.7 Å². The average molecular weight is 335 g/mol. The van der Waals surface area contributed by atoms with Gasteiger partial charge in [0.05, 0.1) is 6.61 Å². The average Bonchev–Trinajstić information content (AvgIpc) is 2.95. The molecule has 1 saturated carbocycles. The zero-order valence-electron chi connectivity index (χ0n) is 13.2. The molecular weight excluding hydrogens is 312 g/mol. The number of benzene rings is 1. The Morgan fingerprint density at radius 3 is 2.96 bits per heavy atom. The normalized spacial score (nSPS) is 15.7. The van der Waals surface area contributed by atoms with E-state index in [9.17, 15) is 4.79 Å². The summed E-state index contributed by atoms with van der Waals surface area (Å²) in [5.74, 6) is 0. The minimum absolute atomic E-state index is 0.279. The van der Waals surface area contributed by atoms with E-state index in [0.717, 1.165) is 41.6 Å². The van der Waals surface area contributed by atoms with E-state index in [1.54, 1.807) is 0 Å². The molecule has 3 rings (SSSR count). The summed E-state index contributed by atoms with van der Waals surface area (Å²) in [6.45, 7) is 0.436.